The lowest BCUT2D eigenvalue weighted by molar-refractivity contribution is 0.378. The van der Waals surface area contributed by atoms with E-state index < -0.39 is 0 Å². The molecule has 1 unspecified atom stereocenters. The van der Waals surface area contributed by atoms with E-state index in [2.05, 4.69) is 10.1 Å². The summed E-state index contributed by atoms with van der Waals surface area (Å²) in [7, 11) is 5.08. The molecule has 2 rings (SSSR count). The normalized spacial score (nSPS) is 12.2. The van der Waals surface area contributed by atoms with E-state index in [4.69, 9.17) is 15.2 Å². The molecule has 102 valence electrons. The predicted octanol–water partition coefficient (Wildman–Crippen LogP) is 1.07. The quantitative estimate of drug-likeness (QED) is 0.872. The van der Waals surface area contributed by atoms with Crippen LogP contribution in [0, 0.1) is 0 Å². The Balaban J connectivity index is 2.32. The second kappa shape index (κ2) is 5.71. The van der Waals surface area contributed by atoms with Gasteiger partial charge in [-0.25, -0.2) is 4.98 Å². The number of ether oxygens (including phenoxy) is 2. The lowest BCUT2D eigenvalue weighted by Crippen LogP contribution is -2.18. The van der Waals surface area contributed by atoms with Crippen LogP contribution >= 0.6 is 0 Å². The van der Waals surface area contributed by atoms with Crippen LogP contribution in [0.2, 0.25) is 0 Å². The summed E-state index contributed by atoms with van der Waals surface area (Å²) < 4.78 is 12.4. The van der Waals surface area contributed by atoms with Gasteiger partial charge in [0.1, 0.15) is 23.7 Å². The third-order valence-corrected chi connectivity index (χ3v) is 3.04. The van der Waals surface area contributed by atoms with Crippen LogP contribution in [-0.2, 0) is 13.5 Å². The number of aryl methyl sites for hydroxylation is 1. The zero-order chi connectivity index (χ0) is 13.8. The molecule has 0 aliphatic heterocycles. The van der Waals surface area contributed by atoms with Crippen LogP contribution in [0.5, 0.6) is 11.5 Å². The minimum absolute atomic E-state index is 0.269. The summed E-state index contributed by atoms with van der Waals surface area (Å²) in [5.74, 6) is 2.25. The first-order valence-corrected chi connectivity index (χ1v) is 5.96. The molecule has 0 aliphatic carbocycles. The number of methoxy groups -OCH3 is 2. The number of nitrogens with two attached hydrogens (primary N) is 1. The highest BCUT2D eigenvalue weighted by molar-refractivity contribution is 5.47. The van der Waals surface area contributed by atoms with Crippen LogP contribution in [0.3, 0.4) is 0 Å². The molecule has 6 nitrogen and oxygen atoms in total. The molecule has 0 amide bonds. The van der Waals surface area contributed by atoms with E-state index in [0.717, 1.165) is 11.4 Å². The maximum atomic E-state index is 6.27. The Morgan fingerprint density at radius 3 is 2.37 bits per heavy atom. The van der Waals surface area contributed by atoms with Crippen LogP contribution in [0.15, 0.2) is 24.5 Å². The molecule has 1 aromatic carbocycles. The minimum Gasteiger partial charge on any atom is -0.496 e. The molecule has 0 radical (unpaired) electrons. The standard InChI is InChI=1S/C13H18N4O2/c1-17-12(15-8-16-17)7-9(14)13-10(18-2)5-4-6-11(13)19-3/h4-6,8-9H,7,14H2,1-3H3. The van der Waals surface area contributed by atoms with Crippen LogP contribution in [-0.4, -0.2) is 29.0 Å². The summed E-state index contributed by atoms with van der Waals surface area (Å²) in [6.45, 7) is 0. The molecule has 2 N–H and O–H groups in total. The molecule has 0 spiro atoms. The van der Waals surface area contributed by atoms with Crippen molar-refractivity contribution in [3.05, 3.63) is 35.9 Å². The molecule has 2 aromatic rings. The van der Waals surface area contributed by atoms with Gasteiger partial charge in [0.2, 0.25) is 0 Å². The first-order chi connectivity index (χ1) is 9.17. The van der Waals surface area contributed by atoms with Gasteiger partial charge in [0.15, 0.2) is 0 Å². The zero-order valence-electron chi connectivity index (χ0n) is 11.3. The lowest BCUT2D eigenvalue weighted by Gasteiger charge is -2.18. The lowest BCUT2D eigenvalue weighted by atomic mass is 10.0. The molecule has 0 bridgehead atoms. The monoisotopic (exact) mass is 262 g/mol. The van der Waals surface area contributed by atoms with E-state index in [1.807, 2.05) is 25.2 Å². The van der Waals surface area contributed by atoms with Crippen molar-refractivity contribution in [3.8, 4) is 11.5 Å². The van der Waals surface area contributed by atoms with Crippen LogP contribution in [0.25, 0.3) is 0 Å². The predicted molar refractivity (Wildman–Crippen MR) is 71.2 cm³/mol. The summed E-state index contributed by atoms with van der Waals surface area (Å²) in [6, 6.07) is 5.34. The summed E-state index contributed by atoms with van der Waals surface area (Å²) in [6.07, 6.45) is 2.08. The molecule has 1 aromatic heterocycles. The smallest absolute Gasteiger partial charge is 0.138 e. The Kier molecular flexibility index (Phi) is 4.01. The van der Waals surface area contributed by atoms with Gasteiger partial charge in [0.25, 0.3) is 0 Å². The number of rotatable bonds is 5. The van der Waals surface area contributed by atoms with E-state index in [-0.39, 0.29) is 6.04 Å². The average molecular weight is 262 g/mol. The molecule has 6 heteroatoms. The molecular weight excluding hydrogens is 244 g/mol. The van der Waals surface area contributed by atoms with Gasteiger partial charge >= 0.3 is 0 Å². The highest BCUT2D eigenvalue weighted by Crippen LogP contribution is 2.33. The van der Waals surface area contributed by atoms with Gasteiger partial charge in [0.05, 0.1) is 19.8 Å². The minimum atomic E-state index is -0.269. The van der Waals surface area contributed by atoms with Crippen molar-refractivity contribution in [2.45, 2.75) is 12.5 Å². The maximum Gasteiger partial charge on any atom is 0.138 e. The highest BCUT2D eigenvalue weighted by Gasteiger charge is 2.19. The van der Waals surface area contributed by atoms with E-state index in [9.17, 15) is 0 Å². The van der Waals surface area contributed by atoms with Crippen LogP contribution in [0.4, 0.5) is 0 Å². The molecule has 0 saturated heterocycles. The van der Waals surface area contributed by atoms with Crippen molar-refractivity contribution in [1.82, 2.24) is 14.8 Å². The number of nitrogens with zero attached hydrogens (tertiary/aromatic N) is 3. The summed E-state index contributed by atoms with van der Waals surface area (Å²) in [4.78, 5) is 4.18. The van der Waals surface area contributed by atoms with Crippen molar-refractivity contribution in [2.24, 2.45) is 12.8 Å². The molecule has 0 fully saturated rings. The van der Waals surface area contributed by atoms with Crippen molar-refractivity contribution in [3.63, 3.8) is 0 Å². The van der Waals surface area contributed by atoms with Gasteiger partial charge in [-0.05, 0) is 12.1 Å². The molecule has 0 aliphatic rings. The second-order valence-electron chi connectivity index (χ2n) is 4.19. The van der Waals surface area contributed by atoms with Gasteiger partial charge in [0, 0.05) is 19.5 Å². The van der Waals surface area contributed by atoms with Gasteiger partial charge in [-0.1, -0.05) is 6.07 Å². The number of hydrogen-bond donors (Lipinski definition) is 1. The number of hydrogen-bond acceptors (Lipinski definition) is 5. The van der Waals surface area contributed by atoms with Gasteiger partial charge < -0.3 is 15.2 Å². The van der Waals surface area contributed by atoms with Crippen molar-refractivity contribution < 1.29 is 9.47 Å². The Labute approximate surface area is 112 Å². The summed E-state index contributed by atoms with van der Waals surface area (Å²) in [5.41, 5.74) is 7.11. The topological polar surface area (TPSA) is 75.2 Å². The Morgan fingerprint density at radius 2 is 1.89 bits per heavy atom. The maximum absolute atomic E-state index is 6.27. The average Bonchev–Trinajstić information content (AvgIpc) is 2.83. The van der Waals surface area contributed by atoms with Crippen LogP contribution < -0.4 is 15.2 Å². The Hall–Kier alpha value is -2.08. The van der Waals surface area contributed by atoms with Gasteiger partial charge in [-0.15, -0.1) is 0 Å². The van der Waals surface area contributed by atoms with E-state index in [0.29, 0.717) is 17.9 Å². The highest BCUT2D eigenvalue weighted by atomic mass is 16.5. The zero-order valence-corrected chi connectivity index (χ0v) is 11.3. The first kappa shape index (κ1) is 13.4. The van der Waals surface area contributed by atoms with Crippen molar-refractivity contribution >= 4 is 0 Å². The van der Waals surface area contributed by atoms with Crippen LogP contribution in [0.1, 0.15) is 17.4 Å². The molecule has 1 heterocycles. The summed E-state index contributed by atoms with van der Waals surface area (Å²) >= 11 is 0. The van der Waals surface area contributed by atoms with Crippen molar-refractivity contribution in [2.75, 3.05) is 14.2 Å². The second-order valence-corrected chi connectivity index (χ2v) is 4.19. The SMILES string of the molecule is COc1cccc(OC)c1C(N)Cc1ncnn1C. The molecule has 19 heavy (non-hydrogen) atoms. The molecular formula is C13H18N4O2. The largest absolute Gasteiger partial charge is 0.496 e. The number of benzene rings is 1. The van der Waals surface area contributed by atoms with E-state index in [1.54, 1.807) is 18.9 Å². The molecule has 1 atom stereocenters. The van der Waals surface area contributed by atoms with E-state index >= 15 is 0 Å². The third-order valence-electron chi connectivity index (χ3n) is 3.04. The Bertz CT molecular complexity index is 531. The van der Waals surface area contributed by atoms with Gasteiger partial charge in [-0.2, -0.15) is 5.10 Å². The fraction of sp³-hybridized carbons (Fsp3) is 0.385. The van der Waals surface area contributed by atoms with Gasteiger partial charge in [-0.3, -0.25) is 4.68 Å². The molecule has 0 saturated carbocycles. The fourth-order valence-corrected chi connectivity index (χ4v) is 2.05. The summed E-state index contributed by atoms with van der Waals surface area (Å²) in [5, 5.41) is 4.04. The number of aromatic nitrogens is 3. The van der Waals surface area contributed by atoms with Crippen molar-refractivity contribution in [1.29, 1.82) is 0 Å². The van der Waals surface area contributed by atoms with E-state index in [1.165, 1.54) is 6.33 Å². The first-order valence-electron chi connectivity index (χ1n) is 5.96. The third kappa shape index (κ3) is 2.68. The fourth-order valence-electron chi connectivity index (χ4n) is 2.05. The Morgan fingerprint density at radius 1 is 1.26 bits per heavy atom.